The van der Waals surface area contributed by atoms with Crippen molar-refractivity contribution in [3.63, 3.8) is 0 Å². The van der Waals surface area contributed by atoms with Gasteiger partial charge in [0.2, 0.25) is 0 Å². The van der Waals surface area contributed by atoms with Gasteiger partial charge in [-0.25, -0.2) is 4.79 Å². The molecule has 0 fully saturated rings. The van der Waals surface area contributed by atoms with Gasteiger partial charge in [-0.1, -0.05) is 35.9 Å². The number of hydrogen-bond acceptors (Lipinski definition) is 3. The molecule has 4 aromatic rings. The fourth-order valence-electron chi connectivity index (χ4n) is 2.84. The molecule has 0 aliphatic carbocycles. The van der Waals surface area contributed by atoms with Gasteiger partial charge in [0.15, 0.2) is 0 Å². The summed E-state index contributed by atoms with van der Waals surface area (Å²) < 4.78 is 5.87. The Morgan fingerprint density at radius 1 is 0.889 bits per heavy atom. The molecule has 0 aliphatic rings. The Hall–Kier alpha value is -3.18. The van der Waals surface area contributed by atoms with E-state index in [-0.39, 0.29) is 5.69 Å². The highest BCUT2D eigenvalue weighted by atomic mass is 35.5. The van der Waals surface area contributed by atoms with E-state index in [4.69, 9.17) is 16.3 Å². The molecular weight excluding hydrogens is 362 g/mol. The maximum atomic E-state index is 11.3. The number of rotatable bonds is 6. The van der Waals surface area contributed by atoms with Crippen LogP contribution in [0.4, 0.5) is 5.69 Å². The lowest BCUT2D eigenvalue weighted by Crippen LogP contribution is -2.00. The zero-order valence-electron chi connectivity index (χ0n) is 14.5. The minimum absolute atomic E-state index is 0.201. The molecular formula is C21H18ClN3O2. The van der Waals surface area contributed by atoms with Crippen LogP contribution in [0, 0.1) is 0 Å². The first-order chi connectivity index (χ1) is 13.2. The normalized spacial score (nSPS) is 10.9. The van der Waals surface area contributed by atoms with Crippen LogP contribution in [0.2, 0.25) is 5.02 Å². The molecule has 0 bridgehead atoms. The maximum Gasteiger partial charge on any atom is 0.323 e. The molecule has 3 N–H and O–H groups in total. The summed E-state index contributed by atoms with van der Waals surface area (Å²) in [4.78, 5) is 16.8. The molecule has 27 heavy (non-hydrogen) atoms. The van der Waals surface area contributed by atoms with E-state index in [0.717, 1.165) is 33.6 Å². The zero-order chi connectivity index (χ0) is 18.6. The van der Waals surface area contributed by atoms with Crippen LogP contribution in [0.1, 0.15) is 11.1 Å². The molecule has 0 atom stereocenters. The van der Waals surface area contributed by atoms with Crippen molar-refractivity contribution in [3.8, 4) is 5.75 Å². The standard InChI is InChI=1S/C21H18ClN3O2/c22-16-6-4-14(5-7-16)13-27-18-3-1-2-15(10-18)12-23-17-8-9-19-20(11-17)25-21(26)24-19/h1-11,23H,12-13H2,(H2,24,25,26). The van der Waals surface area contributed by atoms with Gasteiger partial charge in [-0.3, -0.25) is 0 Å². The number of nitrogens with one attached hydrogen (secondary N) is 3. The molecule has 6 heteroatoms. The van der Waals surface area contributed by atoms with E-state index in [1.165, 1.54) is 0 Å². The van der Waals surface area contributed by atoms with Crippen molar-refractivity contribution in [1.29, 1.82) is 0 Å². The molecule has 5 nitrogen and oxygen atoms in total. The number of halogens is 1. The third kappa shape index (κ3) is 4.33. The number of hydrogen-bond donors (Lipinski definition) is 3. The van der Waals surface area contributed by atoms with Crippen LogP contribution in [0.5, 0.6) is 5.75 Å². The van der Waals surface area contributed by atoms with Crippen LogP contribution >= 0.6 is 11.6 Å². The highest BCUT2D eigenvalue weighted by Gasteiger charge is 2.02. The average Bonchev–Trinajstić information content (AvgIpc) is 3.05. The molecule has 1 aromatic heterocycles. The summed E-state index contributed by atoms with van der Waals surface area (Å²) in [5.74, 6) is 0.815. The van der Waals surface area contributed by atoms with Crippen molar-refractivity contribution in [1.82, 2.24) is 9.97 Å². The predicted molar refractivity (Wildman–Crippen MR) is 108 cm³/mol. The Labute approximate surface area is 161 Å². The van der Waals surface area contributed by atoms with Crippen LogP contribution in [-0.4, -0.2) is 9.97 Å². The maximum absolute atomic E-state index is 11.3. The molecule has 0 unspecified atom stereocenters. The summed E-state index contributed by atoms with van der Waals surface area (Å²) in [6.07, 6.45) is 0. The quantitative estimate of drug-likeness (QED) is 0.454. The van der Waals surface area contributed by atoms with E-state index in [2.05, 4.69) is 15.3 Å². The van der Waals surface area contributed by atoms with Crippen molar-refractivity contribution >= 4 is 28.3 Å². The average molecular weight is 380 g/mol. The van der Waals surface area contributed by atoms with Crippen LogP contribution in [0.15, 0.2) is 71.5 Å². The van der Waals surface area contributed by atoms with Crippen molar-refractivity contribution in [2.45, 2.75) is 13.2 Å². The van der Waals surface area contributed by atoms with E-state index in [0.29, 0.717) is 18.2 Å². The number of aromatic amines is 2. The Morgan fingerprint density at radius 3 is 2.56 bits per heavy atom. The molecule has 136 valence electrons. The second-order valence-electron chi connectivity index (χ2n) is 6.26. The number of ether oxygens (including phenoxy) is 1. The molecule has 3 aromatic carbocycles. The number of aromatic nitrogens is 2. The molecule has 1 heterocycles. The van der Waals surface area contributed by atoms with Gasteiger partial charge in [0.1, 0.15) is 12.4 Å². The summed E-state index contributed by atoms with van der Waals surface area (Å²) >= 11 is 5.90. The Bertz CT molecular complexity index is 1120. The molecule has 0 amide bonds. The van der Waals surface area contributed by atoms with Gasteiger partial charge in [-0.2, -0.15) is 0 Å². The number of anilines is 1. The van der Waals surface area contributed by atoms with Crippen molar-refractivity contribution in [2.75, 3.05) is 5.32 Å². The minimum Gasteiger partial charge on any atom is -0.489 e. The Kier molecular flexibility index (Phi) is 4.85. The fraction of sp³-hybridized carbons (Fsp3) is 0.0952. The molecule has 0 spiro atoms. The van der Waals surface area contributed by atoms with E-state index >= 15 is 0 Å². The van der Waals surface area contributed by atoms with Gasteiger partial charge in [-0.15, -0.1) is 0 Å². The first kappa shape index (κ1) is 17.2. The monoisotopic (exact) mass is 379 g/mol. The van der Waals surface area contributed by atoms with Crippen molar-refractivity contribution in [3.05, 3.63) is 93.4 Å². The molecule has 0 aliphatic heterocycles. The highest BCUT2D eigenvalue weighted by Crippen LogP contribution is 2.19. The fourth-order valence-corrected chi connectivity index (χ4v) is 2.97. The Morgan fingerprint density at radius 2 is 1.70 bits per heavy atom. The second-order valence-corrected chi connectivity index (χ2v) is 6.69. The molecule has 0 radical (unpaired) electrons. The van der Waals surface area contributed by atoms with Gasteiger partial charge in [0.05, 0.1) is 11.0 Å². The molecule has 0 saturated heterocycles. The molecule has 0 saturated carbocycles. The lowest BCUT2D eigenvalue weighted by Gasteiger charge is -2.10. The summed E-state index contributed by atoms with van der Waals surface area (Å²) in [6.45, 7) is 1.14. The van der Waals surface area contributed by atoms with E-state index in [9.17, 15) is 4.79 Å². The van der Waals surface area contributed by atoms with Crippen molar-refractivity contribution in [2.24, 2.45) is 0 Å². The third-order valence-electron chi connectivity index (χ3n) is 4.23. The number of benzene rings is 3. The lowest BCUT2D eigenvalue weighted by atomic mass is 10.2. The first-order valence-electron chi connectivity index (χ1n) is 8.58. The number of imidazole rings is 1. The summed E-state index contributed by atoms with van der Waals surface area (Å²) in [5.41, 5.74) is 4.48. The van der Waals surface area contributed by atoms with E-state index in [1.54, 1.807) is 0 Å². The smallest absolute Gasteiger partial charge is 0.323 e. The number of fused-ring (bicyclic) bond motifs is 1. The van der Waals surface area contributed by atoms with Crippen molar-refractivity contribution < 1.29 is 4.74 Å². The van der Waals surface area contributed by atoms with Crippen LogP contribution in [-0.2, 0) is 13.2 Å². The van der Waals surface area contributed by atoms with E-state index in [1.807, 2.05) is 66.7 Å². The topological polar surface area (TPSA) is 69.9 Å². The highest BCUT2D eigenvalue weighted by molar-refractivity contribution is 6.30. The lowest BCUT2D eigenvalue weighted by molar-refractivity contribution is 0.306. The summed E-state index contributed by atoms with van der Waals surface area (Å²) in [6, 6.07) is 21.3. The van der Waals surface area contributed by atoms with Gasteiger partial charge < -0.3 is 20.0 Å². The Balaban J connectivity index is 1.39. The number of H-pyrrole nitrogens is 2. The van der Waals surface area contributed by atoms with Crippen LogP contribution in [0.3, 0.4) is 0 Å². The van der Waals surface area contributed by atoms with Gasteiger partial charge in [0, 0.05) is 17.3 Å². The molecule has 4 rings (SSSR count). The van der Waals surface area contributed by atoms with E-state index < -0.39 is 0 Å². The minimum atomic E-state index is -0.201. The largest absolute Gasteiger partial charge is 0.489 e. The summed E-state index contributed by atoms with van der Waals surface area (Å²) in [7, 11) is 0. The second kappa shape index (κ2) is 7.60. The van der Waals surface area contributed by atoms with Crippen LogP contribution < -0.4 is 15.7 Å². The van der Waals surface area contributed by atoms with Gasteiger partial charge in [-0.05, 0) is 53.6 Å². The SMILES string of the molecule is O=c1[nH]c2ccc(NCc3cccc(OCc4ccc(Cl)cc4)c3)cc2[nH]1. The summed E-state index contributed by atoms with van der Waals surface area (Å²) in [5, 5.41) is 4.08. The third-order valence-corrected chi connectivity index (χ3v) is 4.48. The van der Waals surface area contributed by atoms with Crippen LogP contribution in [0.25, 0.3) is 11.0 Å². The van der Waals surface area contributed by atoms with Gasteiger partial charge in [0.25, 0.3) is 0 Å². The predicted octanol–water partition coefficient (Wildman–Crippen LogP) is 4.70. The first-order valence-corrected chi connectivity index (χ1v) is 8.96. The zero-order valence-corrected chi connectivity index (χ0v) is 15.2. The van der Waals surface area contributed by atoms with Gasteiger partial charge >= 0.3 is 5.69 Å².